The second-order valence-electron chi connectivity index (χ2n) is 10.1. The highest BCUT2D eigenvalue weighted by molar-refractivity contribution is 6.01. The fraction of sp³-hybridized carbons (Fsp3) is 0.323. The summed E-state index contributed by atoms with van der Waals surface area (Å²) in [6.45, 7) is 6.27. The molecule has 1 aliphatic rings. The van der Waals surface area contributed by atoms with E-state index in [0.29, 0.717) is 24.4 Å². The summed E-state index contributed by atoms with van der Waals surface area (Å²) in [5.41, 5.74) is 5.39. The van der Waals surface area contributed by atoms with Gasteiger partial charge in [0.2, 0.25) is 5.91 Å². The topological polar surface area (TPSA) is 90.1 Å². The van der Waals surface area contributed by atoms with Gasteiger partial charge in [-0.3, -0.25) is 9.59 Å². The van der Waals surface area contributed by atoms with Crippen molar-refractivity contribution in [2.24, 2.45) is 0 Å². The van der Waals surface area contributed by atoms with E-state index in [1.807, 2.05) is 47.4 Å². The number of anilines is 1. The Morgan fingerprint density at radius 2 is 1.66 bits per heavy atom. The molecule has 3 N–H and O–H groups in total. The minimum atomic E-state index is -0.0629. The fourth-order valence-electron chi connectivity index (χ4n) is 5.50. The highest BCUT2D eigenvalue weighted by Crippen LogP contribution is 2.39. The van der Waals surface area contributed by atoms with E-state index < -0.39 is 0 Å². The number of aromatic amines is 1. The molecule has 0 atom stereocenters. The lowest BCUT2D eigenvalue weighted by Gasteiger charge is -2.41. The summed E-state index contributed by atoms with van der Waals surface area (Å²) < 4.78 is 0. The molecular formula is C31H35N5O2. The van der Waals surface area contributed by atoms with Gasteiger partial charge in [-0.05, 0) is 42.4 Å². The zero-order valence-corrected chi connectivity index (χ0v) is 22.1. The summed E-state index contributed by atoms with van der Waals surface area (Å²) in [5.74, 6) is -0.0571. The van der Waals surface area contributed by atoms with Gasteiger partial charge in [0.1, 0.15) is 11.3 Å². The van der Waals surface area contributed by atoms with Crippen LogP contribution in [0, 0.1) is 0 Å². The first-order valence-electron chi connectivity index (χ1n) is 13.4. The third kappa shape index (κ3) is 5.28. The van der Waals surface area contributed by atoms with Crippen molar-refractivity contribution < 1.29 is 9.59 Å². The van der Waals surface area contributed by atoms with Crippen molar-refractivity contribution in [2.45, 2.75) is 38.5 Å². The Morgan fingerprint density at radius 1 is 0.974 bits per heavy atom. The van der Waals surface area contributed by atoms with Gasteiger partial charge in [0.05, 0.1) is 5.69 Å². The first kappa shape index (κ1) is 25.5. The molecule has 0 bridgehead atoms. The van der Waals surface area contributed by atoms with Crippen LogP contribution in [-0.4, -0.2) is 52.9 Å². The fourth-order valence-corrected chi connectivity index (χ4v) is 5.50. The van der Waals surface area contributed by atoms with Gasteiger partial charge in [-0.15, -0.1) is 0 Å². The Kier molecular flexibility index (Phi) is 7.45. The minimum absolute atomic E-state index is 0.00576. The molecule has 0 unspecified atom stereocenters. The summed E-state index contributed by atoms with van der Waals surface area (Å²) >= 11 is 0. The molecule has 1 fully saturated rings. The molecule has 4 aromatic rings. The number of amides is 2. The summed E-state index contributed by atoms with van der Waals surface area (Å²) in [6, 6.07) is 24.6. The quantitative estimate of drug-likeness (QED) is 0.279. The van der Waals surface area contributed by atoms with Gasteiger partial charge in [-0.25, -0.2) is 4.98 Å². The molecule has 7 heteroatoms. The minimum Gasteiger partial charge on any atom is -0.383 e. The zero-order chi connectivity index (χ0) is 26.5. The maximum Gasteiger partial charge on any atom is 0.270 e. The van der Waals surface area contributed by atoms with E-state index in [-0.39, 0.29) is 17.2 Å². The number of carbonyl (C=O) groups excluding carboxylic acids is 2. The number of nitrogens with zero attached hydrogens (tertiary/aromatic N) is 2. The maximum atomic E-state index is 13.6. The number of nitrogens with one attached hydrogen (secondary N) is 3. The van der Waals surface area contributed by atoms with Crippen LogP contribution < -0.4 is 10.6 Å². The molecule has 38 heavy (non-hydrogen) atoms. The molecule has 0 saturated carbocycles. The smallest absolute Gasteiger partial charge is 0.270 e. The Bertz CT molecular complexity index is 1410. The molecule has 2 aromatic heterocycles. The molecular weight excluding hydrogens is 474 g/mol. The van der Waals surface area contributed by atoms with Crippen molar-refractivity contribution in [3.05, 3.63) is 84.1 Å². The van der Waals surface area contributed by atoms with E-state index in [1.165, 1.54) is 12.5 Å². The van der Waals surface area contributed by atoms with Crippen LogP contribution in [0.2, 0.25) is 0 Å². The van der Waals surface area contributed by atoms with E-state index in [1.54, 1.807) is 0 Å². The van der Waals surface area contributed by atoms with Crippen LogP contribution in [0.5, 0.6) is 0 Å². The van der Waals surface area contributed by atoms with Crippen molar-refractivity contribution in [1.29, 1.82) is 0 Å². The SMILES string of the molecule is CCC1(c2ccccc2)CCN(C(=O)c2cc3c(NCCNC(C)=O)cc(-c4ccccc4)nc3[nH]2)CC1. The standard InChI is InChI=1S/C31H35N5O2/c1-3-31(24-12-8-5-9-13-24)14-18-36(19-15-31)30(38)28-20-25-27(33-17-16-32-22(2)37)21-26(34-29(25)35-28)23-10-6-4-7-11-23/h4-13,20-21H,3,14-19H2,1-2H3,(H,32,37)(H2,33,34,35). The molecule has 2 amide bonds. The van der Waals surface area contributed by atoms with Gasteiger partial charge in [-0.2, -0.15) is 0 Å². The van der Waals surface area contributed by atoms with E-state index in [2.05, 4.69) is 52.9 Å². The Hall–Kier alpha value is -4.13. The van der Waals surface area contributed by atoms with Crippen LogP contribution in [-0.2, 0) is 10.2 Å². The van der Waals surface area contributed by atoms with Crippen molar-refractivity contribution in [2.75, 3.05) is 31.5 Å². The van der Waals surface area contributed by atoms with Gasteiger partial charge in [-0.1, -0.05) is 67.6 Å². The molecule has 1 aliphatic heterocycles. The first-order valence-corrected chi connectivity index (χ1v) is 13.4. The monoisotopic (exact) mass is 509 g/mol. The van der Waals surface area contributed by atoms with Gasteiger partial charge >= 0.3 is 0 Å². The molecule has 0 radical (unpaired) electrons. The van der Waals surface area contributed by atoms with E-state index >= 15 is 0 Å². The van der Waals surface area contributed by atoms with Gasteiger partial charge < -0.3 is 20.5 Å². The first-order chi connectivity index (χ1) is 18.5. The van der Waals surface area contributed by atoms with Crippen molar-refractivity contribution in [3.8, 4) is 11.3 Å². The van der Waals surface area contributed by atoms with Gasteiger partial charge in [0.25, 0.3) is 5.91 Å². The molecule has 3 heterocycles. The lowest BCUT2D eigenvalue weighted by molar-refractivity contribution is -0.118. The number of carbonyl (C=O) groups is 2. The second-order valence-corrected chi connectivity index (χ2v) is 10.1. The number of rotatable bonds is 8. The number of fused-ring (bicyclic) bond motifs is 1. The summed E-state index contributed by atoms with van der Waals surface area (Å²) in [7, 11) is 0. The van der Waals surface area contributed by atoms with Crippen LogP contribution in [0.4, 0.5) is 5.69 Å². The second kappa shape index (κ2) is 11.1. The van der Waals surface area contributed by atoms with Crippen LogP contribution in [0.3, 0.4) is 0 Å². The number of piperidine rings is 1. The molecule has 7 nitrogen and oxygen atoms in total. The molecule has 1 saturated heterocycles. The van der Waals surface area contributed by atoms with Crippen LogP contribution in [0.25, 0.3) is 22.3 Å². The summed E-state index contributed by atoms with van der Waals surface area (Å²) in [6.07, 6.45) is 2.96. The Labute approximate surface area is 223 Å². The van der Waals surface area contributed by atoms with Crippen molar-refractivity contribution >= 4 is 28.5 Å². The molecule has 0 aliphatic carbocycles. The predicted molar refractivity (Wildman–Crippen MR) is 152 cm³/mol. The van der Waals surface area contributed by atoms with E-state index in [4.69, 9.17) is 4.98 Å². The lowest BCUT2D eigenvalue weighted by Crippen LogP contribution is -2.45. The predicted octanol–water partition coefficient (Wildman–Crippen LogP) is 5.36. The van der Waals surface area contributed by atoms with Crippen molar-refractivity contribution in [3.63, 3.8) is 0 Å². The van der Waals surface area contributed by atoms with Crippen LogP contribution in [0.1, 0.15) is 49.2 Å². The molecule has 0 spiro atoms. The number of hydrogen-bond donors (Lipinski definition) is 3. The Morgan fingerprint density at radius 3 is 2.32 bits per heavy atom. The average Bonchev–Trinajstić information content (AvgIpc) is 3.40. The lowest BCUT2D eigenvalue weighted by atomic mass is 9.71. The zero-order valence-electron chi connectivity index (χ0n) is 22.1. The largest absolute Gasteiger partial charge is 0.383 e. The van der Waals surface area contributed by atoms with E-state index in [9.17, 15) is 9.59 Å². The Balaban J connectivity index is 1.39. The molecule has 2 aromatic carbocycles. The normalized spacial score (nSPS) is 14.8. The average molecular weight is 510 g/mol. The highest BCUT2D eigenvalue weighted by atomic mass is 16.2. The van der Waals surface area contributed by atoms with Crippen molar-refractivity contribution in [1.82, 2.24) is 20.2 Å². The summed E-state index contributed by atoms with van der Waals surface area (Å²) in [4.78, 5) is 35.0. The number of likely N-dealkylation sites (tertiary alicyclic amines) is 1. The summed E-state index contributed by atoms with van der Waals surface area (Å²) in [5, 5.41) is 7.10. The van der Waals surface area contributed by atoms with E-state index in [0.717, 1.165) is 54.7 Å². The number of hydrogen-bond acceptors (Lipinski definition) is 4. The van der Waals surface area contributed by atoms with Gasteiger partial charge in [0, 0.05) is 49.7 Å². The molecule has 5 rings (SSSR count). The highest BCUT2D eigenvalue weighted by Gasteiger charge is 2.36. The van der Waals surface area contributed by atoms with Crippen LogP contribution >= 0.6 is 0 Å². The maximum absolute atomic E-state index is 13.6. The molecule has 196 valence electrons. The number of aromatic nitrogens is 2. The number of benzene rings is 2. The third-order valence-corrected chi connectivity index (χ3v) is 7.79. The van der Waals surface area contributed by atoms with Crippen LogP contribution in [0.15, 0.2) is 72.8 Å². The van der Waals surface area contributed by atoms with Gasteiger partial charge in [0.15, 0.2) is 0 Å². The number of pyridine rings is 1. The third-order valence-electron chi connectivity index (χ3n) is 7.79. The number of H-pyrrole nitrogens is 1.